The molecule has 0 radical (unpaired) electrons. The van der Waals surface area contributed by atoms with E-state index >= 15 is 0 Å². The van der Waals surface area contributed by atoms with Crippen molar-refractivity contribution in [1.29, 1.82) is 0 Å². The zero-order chi connectivity index (χ0) is 10.8. The SMILES string of the molecule is O=C(S)Nc1ccccc1C(F)(F)F. The molecular weight excluding hydrogens is 215 g/mol. The van der Waals surface area contributed by atoms with Crippen LogP contribution >= 0.6 is 12.6 Å². The second-order valence-electron chi connectivity index (χ2n) is 2.47. The lowest BCUT2D eigenvalue weighted by Crippen LogP contribution is -2.11. The smallest absolute Gasteiger partial charge is 0.317 e. The summed E-state index contributed by atoms with van der Waals surface area (Å²) in [5, 5.41) is 1.15. The number of nitrogens with one attached hydrogen (secondary N) is 1. The van der Waals surface area contributed by atoms with Crippen molar-refractivity contribution >= 4 is 23.6 Å². The van der Waals surface area contributed by atoms with Crippen LogP contribution < -0.4 is 5.32 Å². The number of halogens is 3. The molecule has 0 aliphatic heterocycles. The number of carbonyl (C=O) groups excluding carboxylic acids is 1. The normalized spacial score (nSPS) is 11.1. The predicted octanol–water partition coefficient (Wildman–Crippen LogP) is 3.17. The Bertz CT molecular complexity index is 351. The summed E-state index contributed by atoms with van der Waals surface area (Å²) in [5.41, 5.74) is -1.18. The Morgan fingerprint density at radius 1 is 1.29 bits per heavy atom. The Balaban J connectivity index is 3.10. The van der Waals surface area contributed by atoms with Crippen LogP contribution in [-0.4, -0.2) is 5.24 Å². The first kappa shape index (κ1) is 10.9. The van der Waals surface area contributed by atoms with E-state index < -0.39 is 17.0 Å². The molecule has 76 valence electrons. The van der Waals surface area contributed by atoms with E-state index in [-0.39, 0.29) is 5.69 Å². The largest absolute Gasteiger partial charge is 0.418 e. The average molecular weight is 221 g/mol. The number of thiol groups is 1. The Labute approximate surface area is 83.5 Å². The fourth-order valence-corrected chi connectivity index (χ4v) is 1.07. The Morgan fingerprint density at radius 3 is 2.36 bits per heavy atom. The van der Waals surface area contributed by atoms with Gasteiger partial charge in [0, 0.05) is 0 Å². The average Bonchev–Trinajstić information content (AvgIpc) is 2.01. The molecule has 0 aliphatic carbocycles. The van der Waals surface area contributed by atoms with E-state index in [9.17, 15) is 18.0 Å². The number of carbonyl (C=O) groups is 1. The molecule has 0 saturated carbocycles. The third-order valence-electron chi connectivity index (χ3n) is 1.47. The van der Waals surface area contributed by atoms with Crippen LogP contribution in [-0.2, 0) is 6.18 Å². The van der Waals surface area contributed by atoms with Crippen molar-refractivity contribution in [1.82, 2.24) is 0 Å². The van der Waals surface area contributed by atoms with Gasteiger partial charge >= 0.3 is 6.18 Å². The Morgan fingerprint density at radius 2 is 1.86 bits per heavy atom. The lowest BCUT2D eigenvalue weighted by Gasteiger charge is -2.11. The van der Waals surface area contributed by atoms with Crippen molar-refractivity contribution in [2.24, 2.45) is 0 Å². The lowest BCUT2D eigenvalue weighted by atomic mass is 10.2. The zero-order valence-corrected chi connectivity index (χ0v) is 7.69. The van der Waals surface area contributed by atoms with E-state index in [1.807, 2.05) is 5.32 Å². The van der Waals surface area contributed by atoms with Crippen LogP contribution in [0.25, 0.3) is 0 Å². The maximum absolute atomic E-state index is 12.3. The molecule has 2 nitrogen and oxygen atoms in total. The topological polar surface area (TPSA) is 29.1 Å². The number of alkyl halides is 3. The molecule has 0 fully saturated rings. The van der Waals surface area contributed by atoms with Gasteiger partial charge in [-0.05, 0) is 12.1 Å². The third kappa shape index (κ3) is 2.66. The predicted molar refractivity (Wildman–Crippen MR) is 49.4 cm³/mol. The standard InChI is InChI=1S/C8H6F3NOS/c9-8(10,11)5-3-1-2-4-6(5)12-7(13)14/h1-4H,(H2,12,13,14). The van der Waals surface area contributed by atoms with E-state index in [1.54, 1.807) is 0 Å². The summed E-state index contributed by atoms with van der Waals surface area (Å²) in [6, 6.07) is 4.70. The number of para-hydroxylation sites is 1. The Hall–Kier alpha value is -1.17. The maximum atomic E-state index is 12.3. The molecule has 0 bridgehead atoms. The van der Waals surface area contributed by atoms with Gasteiger partial charge in [-0.2, -0.15) is 13.2 Å². The quantitative estimate of drug-likeness (QED) is 0.701. The van der Waals surface area contributed by atoms with Crippen LogP contribution in [0.15, 0.2) is 24.3 Å². The van der Waals surface area contributed by atoms with Crippen LogP contribution in [0.2, 0.25) is 0 Å². The van der Waals surface area contributed by atoms with Gasteiger partial charge in [-0.15, -0.1) is 0 Å². The van der Waals surface area contributed by atoms with Gasteiger partial charge in [0.2, 0.25) is 0 Å². The first-order valence-electron chi connectivity index (χ1n) is 3.57. The van der Waals surface area contributed by atoms with Crippen LogP contribution in [0.3, 0.4) is 0 Å². The highest BCUT2D eigenvalue weighted by Gasteiger charge is 2.33. The van der Waals surface area contributed by atoms with Gasteiger partial charge in [0.25, 0.3) is 5.24 Å². The van der Waals surface area contributed by atoms with E-state index in [0.29, 0.717) is 0 Å². The third-order valence-corrected chi connectivity index (χ3v) is 1.59. The van der Waals surface area contributed by atoms with Crippen molar-refractivity contribution in [2.75, 3.05) is 5.32 Å². The molecule has 0 heterocycles. The number of benzene rings is 1. The molecule has 0 unspecified atom stereocenters. The molecule has 1 aromatic rings. The minimum absolute atomic E-state index is 0.292. The highest BCUT2D eigenvalue weighted by molar-refractivity contribution is 7.96. The number of anilines is 1. The van der Waals surface area contributed by atoms with Gasteiger partial charge in [0.1, 0.15) is 0 Å². The summed E-state index contributed by atoms with van der Waals surface area (Å²) >= 11 is 3.34. The second-order valence-corrected chi connectivity index (χ2v) is 2.88. The van der Waals surface area contributed by atoms with E-state index in [4.69, 9.17) is 0 Å². The van der Waals surface area contributed by atoms with Crippen molar-refractivity contribution in [3.63, 3.8) is 0 Å². The van der Waals surface area contributed by atoms with Crippen molar-refractivity contribution in [2.45, 2.75) is 6.18 Å². The summed E-state index contributed by atoms with van der Waals surface area (Å²) in [5.74, 6) is 0. The first-order valence-corrected chi connectivity index (χ1v) is 4.02. The van der Waals surface area contributed by atoms with Gasteiger partial charge in [-0.3, -0.25) is 4.79 Å². The highest BCUT2D eigenvalue weighted by atomic mass is 32.1. The molecule has 6 heteroatoms. The minimum Gasteiger partial charge on any atom is -0.317 e. The van der Waals surface area contributed by atoms with E-state index in [2.05, 4.69) is 12.6 Å². The van der Waals surface area contributed by atoms with Gasteiger partial charge in [-0.25, -0.2) is 0 Å². The first-order chi connectivity index (χ1) is 6.41. The summed E-state index contributed by atoms with van der Waals surface area (Å²) in [6.07, 6.45) is -4.48. The molecule has 1 aromatic carbocycles. The van der Waals surface area contributed by atoms with Gasteiger partial charge in [0.15, 0.2) is 0 Å². The van der Waals surface area contributed by atoms with Crippen molar-refractivity contribution in [3.05, 3.63) is 29.8 Å². The fraction of sp³-hybridized carbons (Fsp3) is 0.125. The van der Waals surface area contributed by atoms with E-state index in [1.165, 1.54) is 12.1 Å². The summed E-state index contributed by atoms with van der Waals surface area (Å²) in [6.45, 7) is 0. The number of hydrogen-bond acceptors (Lipinski definition) is 1. The Kier molecular flexibility index (Phi) is 3.05. The minimum atomic E-state index is -4.48. The molecule has 0 aromatic heterocycles. The van der Waals surface area contributed by atoms with Gasteiger partial charge in [-0.1, -0.05) is 24.8 Å². The lowest BCUT2D eigenvalue weighted by molar-refractivity contribution is -0.136. The van der Waals surface area contributed by atoms with Crippen LogP contribution in [0.5, 0.6) is 0 Å². The number of hydrogen-bond donors (Lipinski definition) is 2. The van der Waals surface area contributed by atoms with Gasteiger partial charge in [0.05, 0.1) is 11.3 Å². The summed E-state index contributed by atoms with van der Waals surface area (Å²) in [4.78, 5) is 10.5. The maximum Gasteiger partial charge on any atom is 0.418 e. The summed E-state index contributed by atoms with van der Waals surface area (Å²) < 4.78 is 37.0. The summed E-state index contributed by atoms with van der Waals surface area (Å²) in [7, 11) is 0. The van der Waals surface area contributed by atoms with Gasteiger partial charge < -0.3 is 5.32 Å². The van der Waals surface area contributed by atoms with E-state index in [0.717, 1.165) is 12.1 Å². The molecular formula is C8H6F3NOS. The molecule has 0 spiro atoms. The molecule has 1 amide bonds. The molecule has 0 atom stereocenters. The molecule has 0 aliphatic rings. The number of rotatable bonds is 1. The monoisotopic (exact) mass is 221 g/mol. The molecule has 14 heavy (non-hydrogen) atoms. The fourth-order valence-electron chi connectivity index (χ4n) is 0.955. The van der Waals surface area contributed by atoms with Crippen LogP contribution in [0.4, 0.5) is 23.7 Å². The molecule has 1 rings (SSSR count). The van der Waals surface area contributed by atoms with Crippen LogP contribution in [0, 0.1) is 0 Å². The molecule has 1 N–H and O–H groups in total. The highest BCUT2D eigenvalue weighted by Crippen LogP contribution is 2.34. The second kappa shape index (κ2) is 3.91. The zero-order valence-electron chi connectivity index (χ0n) is 6.80. The molecule has 0 saturated heterocycles. The van der Waals surface area contributed by atoms with Crippen molar-refractivity contribution < 1.29 is 18.0 Å². The number of amides is 1. The van der Waals surface area contributed by atoms with Crippen LogP contribution in [0.1, 0.15) is 5.56 Å². The van der Waals surface area contributed by atoms with Crippen molar-refractivity contribution in [3.8, 4) is 0 Å².